The summed E-state index contributed by atoms with van der Waals surface area (Å²) < 4.78 is 2.16. The number of nitrogens with two attached hydrogens (primary N) is 1. The molecule has 3 rings (SSSR count). The molecule has 1 aliphatic rings. The van der Waals surface area contributed by atoms with E-state index in [2.05, 4.69) is 35.5 Å². The predicted octanol–water partition coefficient (Wildman–Crippen LogP) is 2.07. The van der Waals surface area contributed by atoms with Crippen molar-refractivity contribution < 1.29 is 0 Å². The number of nitrogens with zero attached hydrogens (tertiary/aromatic N) is 3. The van der Waals surface area contributed by atoms with E-state index in [0.717, 1.165) is 23.8 Å². The number of aromatic nitrogens is 2. The molecule has 0 saturated heterocycles. The van der Waals surface area contributed by atoms with Gasteiger partial charge >= 0.3 is 0 Å². The Hall–Kier alpha value is -1.55. The maximum Gasteiger partial charge on any atom is 0.151 e. The van der Waals surface area contributed by atoms with E-state index in [-0.39, 0.29) is 0 Å². The van der Waals surface area contributed by atoms with Crippen LogP contribution in [0.5, 0.6) is 0 Å². The summed E-state index contributed by atoms with van der Waals surface area (Å²) in [4.78, 5) is 7.12. The highest BCUT2D eigenvalue weighted by molar-refractivity contribution is 5.56. The summed E-state index contributed by atoms with van der Waals surface area (Å²) in [5.74, 6) is 1.93. The van der Waals surface area contributed by atoms with Gasteiger partial charge in [-0.1, -0.05) is 6.07 Å². The summed E-state index contributed by atoms with van der Waals surface area (Å²) in [6.45, 7) is 2.95. The van der Waals surface area contributed by atoms with Crippen LogP contribution >= 0.6 is 0 Å². The molecule has 4 heteroatoms. The molecule has 1 unspecified atom stereocenters. The Morgan fingerprint density at radius 2 is 2.26 bits per heavy atom. The normalized spacial score (nSPS) is 16.8. The molecule has 2 aromatic rings. The van der Waals surface area contributed by atoms with Crippen molar-refractivity contribution in [1.29, 1.82) is 0 Å². The van der Waals surface area contributed by atoms with Gasteiger partial charge in [0.1, 0.15) is 5.65 Å². The smallest absolute Gasteiger partial charge is 0.151 e. The Balaban J connectivity index is 2.03. The van der Waals surface area contributed by atoms with Crippen molar-refractivity contribution in [3.05, 3.63) is 30.1 Å². The highest BCUT2D eigenvalue weighted by Gasteiger charge is 2.32. The lowest BCUT2D eigenvalue weighted by Crippen LogP contribution is -2.31. The second-order valence-corrected chi connectivity index (χ2v) is 5.54. The van der Waals surface area contributed by atoms with E-state index >= 15 is 0 Å². The van der Waals surface area contributed by atoms with E-state index in [1.165, 1.54) is 18.5 Å². The molecule has 2 aromatic heterocycles. The van der Waals surface area contributed by atoms with E-state index in [1.54, 1.807) is 0 Å². The van der Waals surface area contributed by atoms with Crippen LogP contribution in [-0.4, -0.2) is 29.0 Å². The molecule has 1 aliphatic carbocycles. The Kier molecular flexibility index (Phi) is 3.19. The zero-order valence-corrected chi connectivity index (χ0v) is 11.7. The van der Waals surface area contributed by atoms with Crippen molar-refractivity contribution in [2.45, 2.75) is 32.2 Å². The highest BCUT2D eigenvalue weighted by Crippen LogP contribution is 2.36. The molecule has 19 heavy (non-hydrogen) atoms. The fourth-order valence-corrected chi connectivity index (χ4v) is 2.77. The maximum absolute atomic E-state index is 5.77. The topological polar surface area (TPSA) is 46.6 Å². The van der Waals surface area contributed by atoms with E-state index < -0.39 is 0 Å². The molecule has 2 heterocycles. The second kappa shape index (κ2) is 4.85. The molecule has 0 aliphatic heterocycles. The standard InChI is InChI=1S/C15H22N4/c1-11(12-6-7-12)18(2)15-13(8-9-16)19-10-4-3-5-14(19)17-15/h3-5,10-12H,6-9,16H2,1-2H3. The molecule has 0 radical (unpaired) electrons. The van der Waals surface area contributed by atoms with Gasteiger partial charge in [0.15, 0.2) is 5.82 Å². The molecule has 0 spiro atoms. The molecule has 1 saturated carbocycles. The fourth-order valence-electron chi connectivity index (χ4n) is 2.77. The van der Waals surface area contributed by atoms with Gasteiger partial charge in [-0.2, -0.15) is 0 Å². The number of anilines is 1. The van der Waals surface area contributed by atoms with Crippen LogP contribution in [0.2, 0.25) is 0 Å². The van der Waals surface area contributed by atoms with Crippen LogP contribution < -0.4 is 10.6 Å². The minimum absolute atomic E-state index is 0.557. The van der Waals surface area contributed by atoms with Gasteiger partial charge in [-0.05, 0) is 44.4 Å². The average molecular weight is 258 g/mol. The first-order valence-corrected chi connectivity index (χ1v) is 7.11. The highest BCUT2D eigenvalue weighted by atomic mass is 15.2. The number of hydrogen-bond acceptors (Lipinski definition) is 3. The van der Waals surface area contributed by atoms with Crippen LogP contribution in [0.15, 0.2) is 24.4 Å². The monoisotopic (exact) mass is 258 g/mol. The van der Waals surface area contributed by atoms with Gasteiger partial charge in [0.2, 0.25) is 0 Å². The summed E-state index contributed by atoms with van der Waals surface area (Å²) in [7, 11) is 2.16. The van der Waals surface area contributed by atoms with Gasteiger partial charge in [0.25, 0.3) is 0 Å². The largest absolute Gasteiger partial charge is 0.355 e. The summed E-state index contributed by atoms with van der Waals surface area (Å²) in [5, 5.41) is 0. The fraction of sp³-hybridized carbons (Fsp3) is 0.533. The van der Waals surface area contributed by atoms with Gasteiger partial charge in [-0.25, -0.2) is 4.98 Å². The van der Waals surface area contributed by atoms with Crippen LogP contribution in [0.1, 0.15) is 25.5 Å². The van der Waals surface area contributed by atoms with E-state index in [4.69, 9.17) is 10.7 Å². The Bertz CT molecular complexity index is 571. The number of imidazole rings is 1. The zero-order chi connectivity index (χ0) is 13.4. The number of pyridine rings is 1. The first-order valence-electron chi connectivity index (χ1n) is 7.11. The van der Waals surface area contributed by atoms with Gasteiger partial charge in [0.05, 0.1) is 5.69 Å². The molecule has 0 amide bonds. The van der Waals surface area contributed by atoms with Crippen molar-refractivity contribution in [2.24, 2.45) is 11.7 Å². The SMILES string of the molecule is CC(C1CC1)N(C)c1nc2ccccn2c1CCN. The van der Waals surface area contributed by atoms with E-state index in [9.17, 15) is 0 Å². The van der Waals surface area contributed by atoms with E-state index in [1.807, 2.05) is 12.1 Å². The first kappa shape index (κ1) is 12.5. The predicted molar refractivity (Wildman–Crippen MR) is 78.5 cm³/mol. The number of fused-ring (bicyclic) bond motifs is 1. The van der Waals surface area contributed by atoms with Crippen LogP contribution in [0.25, 0.3) is 5.65 Å². The molecule has 1 atom stereocenters. The molecule has 2 N–H and O–H groups in total. The van der Waals surface area contributed by atoms with Crippen molar-refractivity contribution in [3.63, 3.8) is 0 Å². The third-order valence-corrected chi connectivity index (χ3v) is 4.24. The summed E-state index contributed by atoms with van der Waals surface area (Å²) in [5.41, 5.74) is 8.01. The van der Waals surface area contributed by atoms with Crippen molar-refractivity contribution in [2.75, 3.05) is 18.5 Å². The minimum Gasteiger partial charge on any atom is -0.355 e. The Morgan fingerprint density at radius 1 is 1.47 bits per heavy atom. The zero-order valence-electron chi connectivity index (χ0n) is 11.7. The van der Waals surface area contributed by atoms with Crippen LogP contribution in [0.3, 0.4) is 0 Å². The maximum atomic E-state index is 5.77. The van der Waals surface area contributed by atoms with Crippen molar-refractivity contribution >= 4 is 11.5 Å². The second-order valence-electron chi connectivity index (χ2n) is 5.54. The van der Waals surface area contributed by atoms with Crippen LogP contribution in [0, 0.1) is 5.92 Å². The molecule has 0 aromatic carbocycles. The van der Waals surface area contributed by atoms with Crippen molar-refractivity contribution in [1.82, 2.24) is 9.38 Å². The first-order chi connectivity index (χ1) is 9.22. The average Bonchev–Trinajstić information content (AvgIpc) is 3.21. The molecule has 1 fully saturated rings. The van der Waals surface area contributed by atoms with Gasteiger partial charge in [-0.3, -0.25) is 0 Å². The number of rotatable bonds is 5. The lowest BCUT2D eigenvalue weighted by Gasteiger charge is -2.26. The quantitative estimate of drug-likeness (QED) is 0.893. The molecule has 102 valence electrons. The third-order valence-electron chi connectivity index (χ3n) is 4.24. The van der Waals surface area contributed by atoms with Gasteiger partial charge in [-0.15, -0.1) is 0 Å². The summed E-state index contributed by atoms with van der Waals surface area (Å²) >= 11 is 0. The lowest BCUT2D eigenvalue weighted by molar-refractivity contribution is 0.602. The number of hydrogen-bond donors (Lipinski definition) is 1. The molecule has 0 bridgehead atoms. The van der Waals surface area contributed by atoms with Gasteiger partial charge in [0, 0.05) is 25.7 Å². The summed E-state index contributed by atoms with van der Waals surface area (Å²) in [6.07, 6.45) is 5.64. The van der Waals surface area contributed by atoms with Crippen molar-refractivity contribution in [3.8, 4) is 0 Å². The minimum atomic E-state index is 0.557. The van der Waals surface area contributed by atoms with Crippen LogP contribution in [0.4, 0.5) is 5.82 Å². The van der Waals surface area contributed by atoms with E-state index in [0.29, 0.717) is 12.6 Å². The Labute approximate surface area is 114 Å². The molecular formula is C15H22N4. The third kappa shape index (κ3) is 2.21. The van der Waals surface area contributed by atoms with Gasteiger partial charge < -0.3 is 15.0 Å². The Morgan fingerprint density at radius 3 is 2.95 bits per heavy atom. The molecular weight excluding hydrogens is 236 g/mol. The molecule has 4 nitrogen and oxygen atoms in total. The summed E-state index contributed by atoms with van der Waals surface area (Å²) in [6, 6.07) is 6.69. The lowest BCUT2D eigenvalue weighted by atomic mass is 10.2. The van der Waals surface area contributed by atoms with Crippen LogP contribution in [-0.2, 0) is 6.42 Å².